The van der Waals surface area contributed by atoms with Crippen LogP contribution >= 0.6 is 22.7 Å². The summed E-state index contributed by atoms with van der Waals surface area (Å²) < 4.78 is 0. The van der Waals surface area contributed by atoms with Crippen LogP contribution in [0.5, 0.6) is 0 Å². The molecule has 6 nitrogen and oxygen atoms in total. The average molecular weight is 398 g/mol. The van der Waals surface area contributed by atoms with Gasteiger partial charge in [0.25, 0.3) is 0 Å². The van der Waals surface area contributed by atoms with E-state index in [-0.39, 0.29) is 11.9 Å². The summed E-state index contributed by atoms with van der Waals surface area (Å²) in [5, 5.41) is 8.98. The summed E-state index contributed by atoms with van der Waals surface area (Å²) in [4.78, 5) is 27.9. The van der Waals surface area contributed by atoms with Crippen LogP contribution in [0.25, 0.3) is 6.08 Å². The number of hydrogen-bond donors (Lipinski definition) is 1. The molecule has 1 N–H and O–H groups in total. The molecule has 4 heterocycles. The smallest absolute Gasteiger partial charge is 0.247 e. The van der Waals surface area contributed by atoms with Gasteiger partial charge in [-0.25, -0.2) is 15.0 Å². The molecule has 1 amide bonds. The zero-order valence-corrected chi connectivity index (χ0v) is 16.5. The summed E-state index contributed by atoms with van der Waals surface area (Å²) in [5.41, 5.74) is 1.76. The first-order chi connectivity index (χ1) is 13.2. The molecule has 1 aliphatic heterocycles. The van der Waals surface area contributed by atoms with Gasteiger partial charge in [0.15, 0.2) is 5.13 Å². The molecule has 3 aromatic heterocycles. The Morgan fingerprint density at radius 3 is 3.00 bits per heavy atom. The maximum absolute atomic E-state index is 12.7. The summed E-state index contributed by atoms with van der Waals surface area (Å²) in [6.07, 6.45) is 7.07. The maximum Gasteiger partial charge on any atom is 0.247 e. The third-order valence-electron chi connectivity index (χ3n) is 4.33. The van der Waals surface area contributed by atoms with Crippen molar-refractivity contribution in [2.24, 2.45) is 0 Å². The molecule has 27 heavy (non-hydrogen) atoms. The molecule has 1 fully saturated rings. The minimum atomic E-state index is 0.00962. The van der Waals surface area contributed by atoms with Crippen LogP contribution in [0.3, 0.4) is 0 Å². The van der Waals surface area contributed by atoms with Crippen LogP contribution in [-0.4, -0.2) is 32.3 Å². The normalized spacial score (nSPS) is 16.9. The Labute approximate surface area is 165 Å². The molecule has 0 bridgehead atoms. The van der Waals surface area contributed by atoms with Crippen molar-refractivity contribution >= 4 is 45.6 Å². The third kappa shape index (κ3) is 4.23. The van der Waals surface area contributed by atoms with Gasteiger partial charge >= 0.3 is 0 Å². The second-order valence-electron chi connectivity index (χ2n) is 6.23. The number of anilines is 2. The van der Waals surface area contributed by atoms with Gasteiger partial charge in [-0.1, -0.05) is 6.07 Å². The summed E-state index contributed by atoms with van der Waals surface area (Å²) in [5.74, 6) is 0.773. The highest BCUT2D eigenvalue weighted by Crippen LogP contribution is 2.34. The van der Waals surface area contributed by atoms with Gasteiger partial charge in [0.2, 0.25) is 5.91 Å². The Bertz CT molecular complexity index is 950. The van der Waals surface area contributed by atoms with E-state index in [9.17, 15) is 4.79 Å². The lowest BCUT2D eigenvalue weighted by molar-refractivity contribution is -0.126. The topological polar surface area (TPSA) is 71.0 Å². The van der Waals surface area contributed by atoms with Crippen molar-refractivity contribution in [2.75, 3.05) is 11.9 Å². The van der Waals surface area contributed by atoms with E-state index in [1.807, 2.05) is 40.8 Å². The van der Waals surface area contributed by atoms with Crippen LogP contribution in [0.4, 0.5) is 10.9 Å². The van der Waals surface area contributed by atoms with Crippen LogP contribution in [0.1, 0.15) is 35.3 Å². The van der Waals surface area contributed by atoms with Gasteiger partial charge in [0.05, 0.1) is 22.4 Å². The molecule has 1 saturated heterocycles. The highest BCUT2D eigenvalue weighted by Gasteiger charge is 2.30. The van der Waals surface area contributed by atoms with Gasteiger partial charge in [-0.3, -0.25) is 4.79 Å². The Morgan fingerprint density at radius 2 is 2.22 bits per heavy atom. The zero-order chi connectivity index (χ0) is 18.6. The largest absolute Gasteiger partial charge is 0.331 e. The number of nitrogens with one attached hydrogen (secondary N) is 1. The molecule has 0 saturated carbocycles. The van der Waals surface area contributed by atoms with Crippen LogP contribution in [0.15, 0.2) is 41.2 Å². The Kier molecular flexibility index (Phi) is 5.26. The van der Waals surface area contributed by atoms with E-state index in [0.29, 0.717) is 0 Å². The molecule has 0 spiro atoms. The molecule has 4 rings (SSSR count). The SMILES string of the molecule is Cc1nc(/C=C/C(=O)N2CCC[C@H]2c2csc(Nc3ccccn3)n2)cs1. The maximum atomic E-state index is 12.7. The Morgan fingerprint density at radius 1 is 1.30 bits per heavy atom. The predicted octanol–water partition coefficient (Wildman–Crippen LogP) is 4.42. The van der Waals surface area contributed by atoms with E-state index >= 15 is 0 Å². The van der Waals surface area contributed by atoms with Crippen LogP contribution in [0, 0.1) is 6.92 Å². The number of carbonyl (C=O) groups excluding carboxylic acids is 1. The van der Waals surface area contributed by atoms with Gasteiger partial charge in [-0.2, -0.15) is 0 Å². The second kappa shape index (κ2) is 7.98. The van der Waals surface area contributed by atoms with Crippen molar-refractivity contribution in [3.8, 4) is 0 Å². The summed E-state index contributed by atoms with van der Waals surface area (Å²) in [6, 6.07) is 5.73. The summed E-state index contributed by atoms with van der Waals surface area (Å²) in [6.45, 7) is 2.71. The number of hydrogen-bond acceptors (Lipinski definition) is 7. The Hall–Kier alpha value is -2.58. The van der Waals surface area contributed by atoms with Crippen molar-refractivity contribution in [1.82, 2.24) is 19.9 Å². The van der Waals surface area contributed by atoms with Gasteiger partial charge in [0.1, 0.15) is 5.82 Å². The molecule has 1 atom stereocenters. The second-order valence-corrected chi connectivity index (χ2v) is 8.15. The van der Waals surface area contributed by atoms with Crippen molar-refractivity contribution in [2.45, 2.75) is 25.8 Å². The van der Waals surface area contributed by atoms with Gasteiger partial charge in [-0.15, -0.1) is 22.7 Å². The lowest BCUT2D eigenvalue weighted by atomic mass is 10.1. The van der Waals surface area contributed by atoms with Crippen LogP contribution in [0.2, 0.25) is 0 Å². The zero-order valence-electron chi connectivity index (χ0n) is 14.8. The average Bonchev–Trinajstić information content (AvgIpc) is 3.41. The number of carbonyl (C=O) groups is 1. The highest BCUT2D eigenvalue weighted by molar-refractivity contribution is 7.13. The monoisotopic (exact) mass is 397 g/mol. The molecular weight excluding hydrogens is 378 g/mol. The van der Waals surface area contributed by atoms with E-state index in [0.717, 1.165) is 46.7 Å². The number of thiazole rings is 2. The number of amides is 1. The first kappa shape index (κ1) is 17.8. The fourth-order valence-electron chi connectivity index (χ4n) is 3.09. The fraction of sp³-hybridized carbons (Fsp3) is 0.263. The molecule has 0 radical (unpaired) electrons. The van der Waals surface area contributed by atoms with Gasteiger partial charge < -0.3 is 10.2 Å². The molecule has 0 aromatic carbocycles. The lowest BCUT2D eigenvalue weighted by Gasteiger charge is -2.21. The number of aryl methyl sites for hydroxylation is 1. The molecule has 8 heteroatoms. The van der Waals surface area contributed by atoms with Crippen molar-refractivity contribution in [3.63, 3.8) is 0 Å². The Balaban J connectivity index is 1.45. The van der Waals surface area contributed by atoms with Crippen molar-refractivity contribution in [3.05, 3.63) is 57.6 Å². The number of rotatable bonds is 5. The minimum Gasteiger partial charge on any atom is -0.331 e. The quantitative estimate of drug-likeness (QED) is 0.645. The number of aromatic nitrogens is 3. The van der Waals surface area contributed by atoms with Crippen LogP contribution in [-0.2, 0) is 4.79 Å². The molecular formula is C19H19N5OS2. The van der Waals surface area contributed by atoms with E-state index in [1.165, 1.54) is 11.3 Å². The predicted molar refractivity (Wildman–Crippen MR) is 109 cm³/mol. The summed E-state index contributed by atoms with van der Waals surface area (Å²) >= 11 is 3.11. The molecule has 1 aliphatic rings. The van der Waals surface area contributed by atoms with E-state index in [4.69, 9.17) is 0 Å². The van der Waals surface area contributed by atoms with E-state index < -0.39 is 0 Å². The van der Waals surface area contributed by atoms with Crippen molar-refractivity contribution in [1.29, 1.82) is 0 Å². The van der Waals surface area contributed by atoms with Gasteiger partial charge in [-0.05, 0) is 38.0 Å². The van der Waals surface area contributed by atoms with E-state index in [1.54, 1.807) is 29.7 Å². The number of pyridine rings is 1. The standard InChI is InChI=1S/C19H19N5OS2/c1-13-21-14(11-26-13)7-8-18(25)24-10-4-5-16(24)15-12-27-19(22-15)23-17-6-2-3-9-20-17/h2-3,6-9,11-12,16H,4-5,10H2,1H3,(H,20,22,23)/b8-7+/t16-/m0/s1. The fourth-order valence-corrected chi connectivity index (χ4v) is 4.43. The molecule has 3 aromatic rings. The van der Waals surface area contributed by atoms with Crippen LogP contribution < -0.4 is 5.32 Å². The van der Waals surface area contributed by atoms with Crippen molar-refractivity contribution < 1.29 is 4.79 Å². The lowest BCUT2D eigenvalue weighted by Crippen LogP contribution is -2.29. The molecule has 138 valence electrons. The first-order valence-corrected chi connectivity index (χ1v) is 10.5. The third-order valence-corrected chi connectivity index (χ3v) is 5.90. The summed E-state index contributed by atoms with van der Waals surface area (Å²) in [7, 11) is 0. The minimum absolute atomic E-state index is 0.00962. The van der Waals surface area contributed by atoms with Gasteiger partial charge in [0, 0.05) is 29.6 Å². The molecule has 0 unspecified atom stereocenters. The first-order valence-electron chi connectivity index (χ1n) is 8.73. The molecule has 0 aliphatic carbocycles. The van der Waals surface area contributed by atoms with E-state index in [2.05, 4.69) is 20.3 Å². The highest BCUT2D eigenvalue weighted by atomic mass is 32.1. The number of nitrogens with zero attached hydrogens (tertiary/aromatic N) is 4. The number of likely N-dealkylation sites (tertiary alicyclic amines) is 1.